The summed E-state index contributed by atoms with van der Waals surface area (Å²) in [6, 6.07) is 9.68. The van der Waals surface area contributed by atoms with Crippen molar-refractivity contribution in [1.29, 1.82) is 0 Å². The Hall–Kier alpha value is -0.860. The van der Waals surface area contributed by atoms with Crippen molar-refractivity contribution in [3.63, 3.8) is 0 Å². The third kappa shape index (κ3) is 2.70. The van der Waals surface area contributed by atoms with Crippen molar-refractivity contribution in [3.8, 4) is 0 Å². The van der Waals surface area contributed by atoms with Gasteiger partial charge in [0.2, 0.25) is 0 Å². The molecular formula is C17H23NS. The molecule has 1 saturated carbocycles. The summed E-state index contributed by atoms with van der Waals surface area (Å²) in [5, 5.41) is 7.28. The molecule has 0 spiro atoms. The molecule has 1 aliphatic rings. The molecule has 1 nitrogen and oxygen atoms in total. The number of hydrogen-bond acceptors (Lipinski definition) is 2. The Morgan fingerprint density at radius 3 is 3.00 bits per heavy atom. The molecule has 1 fully saturated rings. The van der Waals surface area contributed by atoms with Crippen LogP contribution in [0.25, 0.3) is 10.1 Å². The third-order valence-corrected chi connectivity index (χ3v) is 5.34. The fourth-order valence-electron chi connectivity index (χ4n) is 3.39. The summed E-state index contributed by atoms with van der Waals surface area (Å²) in [6.45, 7) is 5.65. The second-order valence-electron chi connectivity index (χ2n) is 6.05. The summed E-state index contributed by atoms with van der Waals surface area (Å²) in [5.41, 5.74) is 1.60. The van der Waals surface area contributed by atoms with Gasteiger partial charge in [-0.2, -0.15) is 0 Å². The number of nitrogens with one attached hydrogen (secondary N) is 1. The SMILES string of the molecule is CC(C)NCC1CCCC1c1cccc2ccsc12. The van der Waals surface area contributed by atoms with E-state index in [2.05, 4.69) is 48.8 Å². The van der Waals surface area contributed by atoms with Crippen molar-refractivity contribution in [2.45, 2.75) is 45.1 Å². The van der Waals surface area contributed by atoms with Crippen LogP contribution >= 0.6 is 11.3 Å². The van der Waals surface area contributed by atoms with E-state index in [1.54, 1.807) is 5.56 Å². The Morgan fingerprint density at radius 2 is 2.16 bits per heavy atom. The Morgan fingerprint density at radius 1 is 1.26 bits per heavy atom. The Balaban J connectivity index is 1.85. The predicted octanol–water partition coefficient (Wildman–Crippen LogP) is 4.78. The first kappa shape index (κ1) is 13.1. The summed E-state index contributed by atoms with van der Waals surface area (Å²) < 4.78 is 1.52. The van der Waals surface area contributed by atoms with Crippen LogP contribution < -0.4 is 5.32 Å². The topological polar surface area (TPSA) is 12.0 Å². The molecule has 0 radical (unpaired) electrons. The van der Waals surface area contributed by atoms with E-state index < -0.39 is 0 Å². The van der Waals surface area contributed by atoms with E-state index in [9.17, 15) is 0 Å². The Kier molecular flexibility index (Phi) is 3.90. The van der Waals surface area contributed by atoms with Crippen molar-refractivity contribution < 1.29 is 0 Å². The first-order chi connectivity index (χ1) is 9.25. The molecule has 3 rings (SSSR count). The molecule has 1 aromatic heterocycles. The van der Waals surface area contributed by atoms with E-state index in [0.717, 1.165) is 11.8 Å². The van der Waals surface area contributed by atoms with Crippen molar-refractivity contribution >= 4 is 21.4 Å². The maximum absolute atomic E-state index is 3.63. The van der Waals surface area contributed by atoms with Crippen LogP contribution in [-0.4, -0.2) is 12.6 Å². The number of hydrogen-bond donors (Lipinski definition) is 1. The molecule has 2 aromatic rings. The van der Waals surface area contributed by atoms with Gasteiger partial charge >= 0.3 is 0 Å². The minimum Gasteiger partial charge on any atom is -0.314 e. The first-order valence-corrected chi connectivity index (χ1v) is 8.33. The van der Waals surface area contributed by atoms with Crippen LogP contribution in [0.2, 0.25) is 0 Å². The number of thiophene rings is 1. The quantitative estimate of drug-likeness (QED) is 0.845. The van der Waals surface area contributed by atoms with Crippen molar-refractivity contribution in [1.82, 2.24) is 5.32 Å². The lowest BCUT2D eigenvalue weighted by molar-refractivity contribution is 0.424. The molecule has 19 heavy (non-hydrogen) atoms. The maximum atomic E-state index is 3.63. The lowest BCUT2D eigenvalue weighted by Crippen LogP contribution is -2.30. The average Bonchev–Trinajstić information content (AvgIpc) is 3.04. The molecule has 0 saturated heterocycles. The molecule has 102 valence electrons. The van der Waals surface area contributed by atoms with Gasteiger partial charge in [-0.3, -0.25) is 0 Å². The van der Waals surface area contributed by atoms with Gasteiger partial charge in [-0.05, 0) is 53.6 Å². The van der Waals surface area contributed by atoms with Crippen molar-refractivity contribution in [2.24, 2.45) is 5.92 Å². The fourth-order valence-corrected chi connectivity index (χ4v) is 4.36. The van der Waals surface area contributed by atoms with E-state index >= 15 is 0 Å². The van der Waals surface area contributed by atoms with Gasteiger partial charge in [0, 0.05) is 10.7 Å². The lowest BCUT2D eigenvalue weighted by atomic mass is 9.88. The van der Waals surface area contributed by atoms with Gasteiger partial charge in [-0.15, -0.1) is 11.3 Å². The second-order valence-corrected chi connectivity index (χ2v) is 6.96. The summed E-state index contributed by atoms with van der Waals surface area (Å²) >= 11 is 1.91. The highest BCUT2D eigenvalue weighted by Crippen LogP contribution is 2.43. The number of benzene rings is 1. The van der Waals surface area contributed by atoms with Gasteiger partial charge in [-0.1, -0.05) is 38.5 Å². The molecule has 0 aliphatic heterocycles. The molecule has 1 aromatic carbocycles. The van der Waals surface area contributed by atoms with Crippen LogP contribution in [0, 0.1) is 5.92 Å². The summed E-state index contributed by atoms with van der Waals surface area (Å²) in [7, 11) is 0. The highest BCUT2D eigenvalue weighted by atomic mass is 32.1. The molecule has 1 heterocycles. The predicted molar refractivity (Wildman–Crippen MR) is 85.0 cm³/mol. The summed E-state index contributed by atoms with van der Waals surface area (Å²) in [4.78, 5) is 0. The van der Waals surface area contributed by atoms with Crippen LogP contribution in [0.3, 0.4) is 0 Å². The van der Waals surface area contributed by atoms with Gasteiger partial charge in [0.1, 0.15) is 0 Å². The zero-order chi connectivity index (χ0) is 13.2. The highest BCUT2D eigenvalue weighted by molar-refractivity contribution is 7.17. The molecule has 0 bridgehead atoms. The lowest BCUT2D eigenvalue weighted by Gasteiger charge is -2.22. The molecule has 1 N–H and O–H groups in total. The standard InChI is InChI=1S/C17H23NS/c1-12(2)18-11-14-6-4-7-15(14)16-8-3-5-13-9-10-19-17(13)16/h3,5,8-10,12,14-15,18H,4,6-7,11H2,1-2H3. The molecule has 2 atom stereocenters. The maximum Gasteiger partial charge on any atom is 0.0377 e. The van der Waals surface area contributed by atoms with E-state index in [1.165, 1.54) is 35.9 Å². The Bertz CT molecular complexity index is 543. The van der Waals surface area contributed by atoms with Crippen LogP contribution in [0.1, 0.15) is 44.6 Å². The van der Waals surface area contributed by atoms with E-state index in [-0.39, 0.29) is 0 Å². The largest absolute Gasteiger partial charge is 0.314 e. The minimum absolute atomic E-state index is 0.596. The second kappa shape index (κ2) is 5.64. The van der Waals surface area contributed by atoms with Crippen LogP contribution in [0.4, 0.5) is 0 Å². The smallest absolute Gasteiger partial charge is 0.0377 e. The third-order valence-electron chi connectivity index (χ3n) is 4.36. The van der Waals surface area contributed by atoms with Crippen molar-refractivity contribution in [3.05, 3.63) is 35.2 Å². The van der Waals surface area contributed by atoms with Gasteiger partial charge < -0.3 is 5.32 Å². The van der Waals surface area contributed by atoms with Crippen LogP contribution in [0.5, 0.6) is 0 Å². The number of rotatable bonds is 4. The molecule has 2 unspecified atom stereocenters. The van der Waals surface area contributed by atoms with E-state index in [4.69, 9.17) is 0 Å². The monoisotopic (exact) mass is 273 g/mol. The van der Waals surface area contributed by atoms with Gasteiger partial charge in [0.05, 0.1) is 0 Å². The fraction of sp³-hybridized carbons (Fsp3) is 0.529. The normalized spacial score (nSPS) is 23.5. The average molecular weight is 273 g/mol. The first-order valence-electron chi connectivity index (χ1n) is 7.45. The molecular weight excluding hydrogens is 250 g/mol. The zero-order valence-electron chi connectivity index (χ0n) is 11.9. The van der Waals surface area contributed by atoms with E-state index in [0.29, 0.717) is 6.04 Å². The summed E-state index contributed by atoms with van der Waals surface area (Å²) in [6.07, 6.45) is 4.13. The van der Waals surface area contributed by atoms with E-state index in [1.807, 2.05) is 11.3 Å². The molecule has 0 amide bonds. The highest BCUT2D eigenvalue weighted by Gasteiger charge is 2.29. The summed E-state index contributed by atoms with van der Waals surface area (Å²) in [5.74, 6) is 1.57. The Labute approximate surface area is 120 Å². The van der Waals surface area contributed by atoms with Gasteiger partial charge in [-0.25, -0.2) is 0 Å². The molecule has 2 heteroatoms. The van der Waals surface area contributed by atoms with Crippen LogP contribution in [0.15, 0.2) is 29.6 Å². The minimum atomic E-state index is 0.596. The zero-order valence-corrected chi connectivity index (χ0v) is 12.7. The van der Waals surface area contributed by atoms with Gasteiger partial charge in [0.25, 0.3) is 0 Å². The van der Waals surface area contributed by atoms with Crippen molar-refractivity contribution in [2.75, 3.05) is 6.54 Å². The number of fused-ring (bicyclic) bond motifs is 1. The van der Waals surface area contributed by atoms with Gasteiger partial charge in [0.15, 0.2) is 0 Å². The van der Waals surface area contributed by atoms with Crippen LogP contribution in [-0.2, 0) is 0 Å². The molecule has 1 aliphatic carbocycles.